The van der Waals surface area contributed by atoms with E-state index in [-0.39, 0.29) is 61.4 Å². The minimum atomic E-state index is -3.87. The lowest BCUT2D eigenvalue weighted by Gasteiger charge is -2.21. The summed E-state index contributed by atoms with van der Waals surface area (Å²) in [6.45, 7) is 0. The second-order valence-corrected chi connectivity index (χ2v) is 12.5. The van der Waals surface area contributed by atoms with Crippen molar-refractivity contribution < 1.29 is 35.6 Å². The number of amides is 2. The molecule has 0 fully saturated rings. The molecule has 3 N–H and O–H groups in total. The lowest BCUT2D eigenvalue weighted by atomic mass is 9.98. The first-order valence-corrected chi connectivity index (χ1v) is 15.4. The highest BCUT2D eigenvalue weighted by atomic mass is 32.2. The molecule has 2 amide bonds. The number of anilines is 1. The summed E-state index contributed by atoms with van der Waals surface area (Å²) < 4.78 is 77.6. The summed E-state index contributed by atoms with van der Waals surface area (Å²) in [5.41, 5.74) is 6.49. The van der Waals surface area contributed by atoms with Crippen molar-refractivity contribution in [3.63, 3.8) is 0 Å². The van der Waals surface area contributed by atoms with Crippen LogP contribution in [0.25, 0.3) is 50.1 Å². The Hall–Kier alpha value is -5.63. The van der Waals surface area contributed by atoms with Gasteiger partial charge < -0.3 is 15.5 Å². The lowest BCUT2D eigenvalue weighted by Crippen LogP contribution is -2.25. The molecular formula is C32H24F3N5O5S. The van der Waals surface area contributed by atoms with E-state index in [4.69, 9.17) is 10.2 Å². The number of carbonyl (C=O) groups excluding carboxylic acids is 2. The van der Waals surface area contributed by atoms with Crippen LogP contribution in [-0.4, -0.2) is 50.1 Å². The third-order valence-electron chi connectivity index (χ3n) is 7.61. The quantitative estimate of drug-likeness (QED) is 0.239. The maximum atomic E-state index is 15.7. The normalized spacial score (nSPS) is 11.7. The minimum Gasteiger partial charge on any atom is -0.455 e. The molecule has 46 heavy (non-hydrogen) atoms. The van der Waals surface area contributed by atoms with Crippen molar-refractivity contribution in [1.82, 2.24) is 14.9 Å². The summed E-state index contributed by atoms with van der Waals surface area (Å²) >= 11 is 0. The smallest absolute Gasteiger partial charge is 0.255 e. The third-order valence-corrected chi connectivity index (χ3v) is 8.80. The van der Waals surface area contributed by atoms with Crippen molar-refractivity contribution in [3.05, 3.63) is 102 Å². The number of furan rings is 1. The number of imidazole rings is 1. The van der Waals surface area contributed by atoms with Crippen molar-refractivity contribution in [2.75, 3.05) is 24.7 Å². The molecule has 14 heteroatoms. The molecule has 0 bridgehead atoms. The summed E-state index contributed by atoms with van der Waals surface area (Å²) in [5.74, 6) is -3.51. The summed E-state index contributed by atoms with van der Waals surface area (Å²) in [6, 6.07) is 14.5. The maximum absolute atomic E-state index is 15.7. The summed E-state index contributed by atoms with van der Waals surface area (Å²) in [7, 11) is -1.13. The van der Waals surface area contributed by atoms with Gasteiger partial charge in [-0.1, -0.05) is 0 Å². The molecule has 6 rings (SSSR count). The summed E-state index contributed by atoms with van der Waals surface area (Å²) in [4.78, 5) is 29.1. The minimum absolute atomic E-state index is 0.0549. The standard InChI is InChI=1S/C32H24F3N5O5S/c1-37-32(42)28-22-13-20(25(39(2)46(3,43)44)14-27(22)45-30(28)16-4-6-18(33)7-5-16)17-10-24(35)29-26(11-17)40(15-38-29)19-8-9-23(34)21(12-19)31(36)41/h4-15H,1-3H3,(H2,36,41)(H,37,42). The topological polar surface area (TPSA) is 141 Å². The van der Waals surface area contributed by atoms with Gasteiger partial charge in [-0.25, -0.2) is 26.6 Å². The largest absolute Gasteiger partial charge is 0.455 e. The number of sulfonamides is 1. The monoisotopic (exact) mass is 647 g/mol. The van der Waals surface area contributed by atoms with E-state index in [0.717, 1.165) is 16.6 Å². The van der Waals surface area contributed by atoms with Crippen molar-refractivity contribution in [1.29, 1.82) is 0 Å². The van der Waals surface area contributed by atoms with E-state index in [0.29, 0.717) is 5.56 Å². The molecule has 0 spiro atoms. The Bertz CT molecular complexity index is 2330. The first-order chi connectivity index (χ1) is 21.8. The van der Waals surface area contributed by atoms with E-state index < -0.39 is 39.3 Å². The zero-order chi connectivity index (χ0) is 33.1. The number of halogens is 3. The molecule has 0 saturated heterocycles. The van der Waals surface area contributed by atoms with Gasteiger partial charge in [-0.3, -0.25) is 18.5 Å². The van der Waals surface area contributed by atoms with Gasteiger partial charge in [0.15, 0.2) is 5.82 Å². The van der Waals surface area contributed by atoms with Crippen molar-refractivity contribution in [2.24, 2.45) is 5.73 Å². The predicted molar refractivity (Wildman–Crippen MR) is 167 cm³/mol. The van der Waals surface area contributed by atoms with Crippen molar-refractivity contribution >= 4 is 49.5 Å². The Morgan fingerprint density at radius 2 is 1.67 bits per heavy atom. The van der Waals surface area contributed by atoms with Gasteiger partial charge in [0, 0.05) is 42.4 Å². The predicted octanol–water partition coefficient (Wildman–Crippen LogP) is 5.38. The number of aromatic nitrogens is 2. The third kappa shape index (κ3) is 5.11. The van der Waals surface area contributed by atoms with Crippen LogP contribution in [0.3, 0.4) is 0 Å². The highest BCUT2D eigenvalue weighted by Crippen LogP contribution is 2.42. The molecule has 2 aromatic heterocycles. The molecule has 0 unspecified atom stereocenters. The number of nitrogens with two attached hydrogens (primary N) is 1. The average Bonchev–Trinajstić information content (AvgIpc) is 3.61. The van der Waals surface area contributed by atoms with E-state index in [2.05, 4.69) is 10.3 Å². The fourth-order valence-corrected chi connectivity index (χ4v) is 5.75. The van der Waals surface area contributed by atoms with Crippen LogP contribution in [0, 0.1) is 17.5 Å². The van der Waals surface area contributed by atoms with Gasteiger partial charge in [0.05, 0.1) is 28.6 Å². The molecule has 10 nitrogen and oxygen atoms in total. The van der Waals surface area contributed by atoms with Crippen LogP contribution >= 0.6 is 0 Å². The number of rotatable bonds is 7. The molecule has 0 aliphatic carbocycles. The molecule has 6 aromatic rings. The molecule has 0 saturated carbocycles. The Kier molecular flexibility index (Phi) is 7.31. The molecule has 2 heterocycles. The second kappa shape index (κ2) is 11.1. The van der Waals surface area contributed by atoms with E-state index >= 15 is 4.39 Å². The number of nitrogens with zero attached hydrogens (tertiary/aromatic N) is 3. The Balaban J connectivity index is 1.65. The number of hydrogen-bond donors (Lipinski definition) is 2. The highest BCUT2D eigenvalue weighted by molar-refractivity contribution is 7.92. The number of benzene rings is 4. The van der Waals surface area contributed by atoms with Gasteiger partial charge in [0.1, 0.15) is 34.8 Å². The van der Waals surface area contributed by atoms with Crippen LogP contribution in [0.1, 0.15) is 20.7 Å². The van der Waals surface area contributed by atoms with Crippen LogP contribution in [0.2, 0.25) is 0 Å². The number of primary amides is 1. The second-order valence-electron chi connectivity index (χ2n) is 10.5. The van der Waals surface area contributed by atoms with Gasteiger partial charge in [-0.15, -0.1) is 0 Å². The number of fused-ring (bicyclic) bond motifs is 2. The van der Waals surface area contributed by atoms with Crippen LogP contribution in [-0.2, 0) is 10.0 Å². The molecule has 0 atom stereocenters. The lowest BCUT2D eigenvalue weighted by molar-refractivity contribution is 0.0962. The number of carbonyl (C=O) groups is 2. The molecular weight excluding hydrogens is 623 g/mol. The number of hydrogen-bond acceptors (Lipinski definition) is 6. The fourth-order valence-electron chi connectivity index (χ4n) is 5.24. The number of nitrogens with one attached hydrogen (secondary N) is 1. The molecule has 4 aromatic carbocycles. The summed E-state index contributed by atoms with van der Waals surface area (Å²) in [6.07, 6.45) is 2.28. The molecule has 0 aliphatic rings. The van der Waals surface area contributed by atoms with Gasteiger partial charge >= 0.3 is 0 Å². The van der Waals surface area contributed by atoms with Crippen LogP contribution in [0.4, 0.5) is 18.9 Å². The van der Waals surface area contributed by atoms with Gasteiger partial charge in [-0.2, -0.15) is 0 Å². The maximum Gasteiger partial charge on any atom is 0.255 e. The SMILES string of the molecule is CNC(=O)c1c(-c2ccc(F)cc2)oc2cc(N(C)S(C)(=O)=O)c(-c3cc(F)c4ncn(-c5ccc(F)c(C(N)=O)c5)c4c3)cc12. The summed E-state index contributed by atoms with van der Waals surface area (Å²) in [5, 5.41) is 2.84. The first kappa shape index (κ1) is 30.4. The Morgan fingerprint density at radius 1 is 0.957 bits per heavy atom. The molecule has 0 aliphatic heterocycles. The van der Waals surface area contributed by atoms with Crippen LogP contribution in [0.15, 0.2) is 77.5 Å². The van der Waals surface area contributed by atoms with Gasteiger partial charge in [0.2, 0.25) is 10.0 Å². The Labute approximate surface area is 259 Å². The Morgan fingerprint density at radius 3 is 2.33 bits per heavy atom. The van der Waals surface area contributed by atoms with E-state index in [1.807, 2.05) is 0 Å². The van der Waals surface area contributed by atoms with Crippen LogP contribution in [0.5, 0.6) is 0 Å². The average molecular weight is 648 g/mol. The van der Waals surface area contributed by atoms with Crippen LogP contribution < -0.4 is 15.4 Å². The molecule has 234 valence electrons. The van der Waals surface area contributed by atoms with E-state index in [1.165, 1.54) is 79.6 Å². The fraction of sp³-hybridized carbons (Fsp3) is 0.0938. The van der Waals surface area contributed by atoms with Gasteiger partial charge in [0.25, 0.3) is 11.8 Å². The van der Waals surface area contributed by atoms with E-state index in [1.54, 1.807) is 6.07 Å². The highest BCUT2D eigenvalue weighted by Gasteiger charge is 2.27. The zero-order valence-electron chi connectivity index (χ0n) is 24.4. The zero-order valence-corrected chi connectivity index (χ0v) is 25.2. The van der Waals surface area contributed by atoms with Crippen molar-refractivity contribution in [3.8, 4) is 28.1 Å². The first-order valence-electron chi connectivity index (χ1n) is 13.6. The van der Waals surface area contributed by atoms with Crippen molar-refractivity contribution in [2.45, 2.75) is 0 Å². The van der Waals surface area contributed by atoms with E-state index in [9.17, 15) is 26.8 Å². The molecule has 0 radical (unpaired) electrons. The van der Waals surface area contributed by atoms with Gasteiger partial charge in [-0.05, 0) is 66.2 Å².